The number of piperidine rings is 1. The van der Waals surface area contributed by atoms with E-state index in [4.69, 9.17) is 0 Å². The smallest absolute Gasteiger partial charge is 0.159 e. The lowest BCUT2D eigenvalue weighted by atomic mass is 9.71. The maximum Gasteiger partial charge on any atom is 0.159 e. The van der Waals surface area contributed by atoms with Gasteiger partial charge in [-0.15, -0.1) is 0 Å². The molecule has 2 heteroatoms. The fraction of sp³-hybridized carbons (Fsp3) is 0.533. The van der Waals surface area contributed by atoms with Crippen LogP contribution in [-0.4, -0.2) is 18.9 Å². The van der Waals surface area contributed by atoms with E-state index in [1.54, 1.807) is 6.92 Å². The second kappa shape index (κ2) is 5.01. The Balaban J connectivity index is 2.27. The van der Waals surface area contributed by atoms with Crippen LogP contribution in [0.3, 0.4) is 0 Å². The van der Waals surface area contributed by atoms with Gasteiger partial charge in [-0.25, -0.2) is 0 Å². The molecule has 1 aromatic carbocycles. The first kappa shape index (κ1) is 12.3. The first-order valence-electron chi connectivity index (χ1n) is 6.50. The van der Waals surface area contributed by atoms with Crippen molar-refractivity contribution < 1.29 is 4.79 Å². The van der Waals surface area contributed by atoms with Gasteiger partial charge in [0.1, 0.15) is 0 Å². The molecule has 0 saturated carbocycles. The predicted molar refractivity (Wildman–Crippen MR) is 70.5 cm³/mol. The van der Waals surface area contributed by atoms with E-state index in [1.807, 2.05) is 12.1 Å². The Labute approximate surface area is 103 Å². The number of Topliss-reactive ketones (excluding diaryl/α,β-unsaturated/α-hetero) is 1. The van der Waals surface area contributed by atoms with E-state index >= 15 is 0 Å². The highest BCUT2D eigenvalue weighted by atomic mass is 16.1. The Morgan fingerprint density at radius 2 is 1.82 bits per heavy atom. The molecule has 1 aliphatic rings. The Morgan fingerprint density at radius 1 is 1.24 bits per heavy atom. The number of carbonyl (C=O) groups is 1. The molecule has 17 heavy (non-hydrogen) atoms. The highest BCUT2D eigenvalue weighted by Gasteiger charge is 2.31. The summed E-state index contributed by atoms with van der Waals surface area (Å²) < 4.78 is 0. The van der Waals surface area contributed by atoms with Gasteiger partial charge in [0.05, 0.1) is 0 Å². The summed E-state index contributed by atoms with van der Waals surface area (Å²) in [5, 5.41) is 3.42. The molecule has 2 rings (SSSR count). The first-order chi connectivity index (χ1) is 8.18. The second-order valence-electron chi connectivity index (χ2n) is 5.02. The Morgan fingerprint density at radius 3 is 2.29 bits per heavy atom. The maximum absolute atomic E-state index is 11.3. The van der Waals surface area contributed by atoms with Gasteiger partial charge in [-0.1, -0.05) is 31.2 Å². The van der Waals surface area contributed by atoms with Gasteiger partial charge in [0, 0.05) is 5.56 Å². The van der Waals surface area contributed by atoms with Crippen LogP contribution >= 0.6 is 0 Å². The van der Waals surface area contributed by atoms with Crippen LogP contribution in [0, 0.1) is 0 Å². The quantitative estimate of drug-likeness (QED) is 0.810. The largest absolute Gasteiger partial charge is 0.317 e. The van der Waals surface area contributed by atoms with E-state index in [1.165, 1.54) is 24.8 Å². The summed E-state index contributed by atoms with van der Waals surface area (Å²) in [6, 6.07) is 8.23. The van der Waals surface area contributed by atoms with E-state index in [-0.39, 0.29) is 5.78 Å². The molecule has 1 heterocycles. The second-order valence-corrected chi connectivity index (χ2v) is 5.02. The predicted octanol–water partition coefficient (Wildman–Crippen LogP) is 2.92. The van der Waals surface area contributed by atoms with Gasteiger partial charge in [0.2, 0.25) is 0 Å². The lowest BCUT2D eigenvalue weighted by molar-refractivity contribution is 0.101. The van der Waals surface area contributed by atoms with Crippen molar-refractivity contribution in [1.29, 1.82) is 0 Å². The molecule has 2 nitrogen and oxygen atoms in total. The van der Waals surface area contributed by atoms with Crippen molar-refractivity contribution in [2.75, 3.05) is 13.1 Å². The summed E-state index contributed by atoms with van der Waals surface area (Å²) in [5.74, 6) is 0.146. The first-order valence-corrected chi connectivity index (χ1v) is 6.50. The van der Waals surface area contributed by atoms with E-state index in [9.17, 15) is 4.79 Å². The molecule has 0 bridgehead atoms. The molecule has 0 spiro atoms. The Kier molecular flexibility index (Phi) is 3.63. The number of hydrogen-bond acceptors (Lipinski definition) is 2. The van der Waals surface area contributed by atoms with Crippen molar-refractivity contribution in [3.05, 3.63) is 35.4 Å². The van der Waals surface area contributed by atoms with Crippen molar-refractivity contribution in [2.24, 2.45) is 0 Å². The van der Waals surface area contributed by atoms with Gasteiger partial charge in [0.15, 0.2) is 5.78 Å². The fourth-order valence-corrected chi connectivity index (χ4v) is 2.81. The van der Waals surface area contributed by atoms with E-state index < -0.39 is 0 Å². The topological polar surface area (TPSA) is 29.1 Å². The molecule has 0 amide bonds. The minimum absolute atomic E-state index is 0.146. The van der Waals surface area contributed by atoms with E-state index in [0.717, 1.165) is 18.7 Å². The SMILES string of the molecule is CCC1(c2ccc(C(C)=O)cc2)CCNCC1. The molecule has 1 N–H and O–H groups in total. The Hall–Kier alpha value is -1.15. The third-order valence-corrected chi connectivity index (χ3v) is 4.14. The molecule has 0 aromatic heterocycles. The molecule has 1 aliphatic heterocycles. The van der Waals surface area contributed by atoms with Crippen LogP contribution in [0.1, 0.15) is 49.0 Å². The summed E-state index contributed by atoms with van der Waals surface area (Å²) in [5.41, 5.74) is 2.53. The number of ketones is 1. The summed E-state index contributed by atoms with van der Waals surface area (Å²) in [6.07, 6.45) is 3.57. The van der Waals surface area contributed by atoms with Crippen LogP contribution in [0.4, 0.5) is 0 Å². The van der Waals surface area contributed by atoms with E-state index in [2.05, 4.69) is 24.4 Å². The highest BCUT2D eigenvalue weighted by Crippen LogP contribution is 2.36. The summed E-state index contributed by atoms with van der Waals surface area (Å²) in [6.45, 7) is 6.09. The third kappa shape index (κ3) is 2.42. The van der Waals surface area contributed by atoms with Crippen LogP contribution in [0.5, 0.6) is 0 Å². The van der Waals surface area contributed by atoms with Crippen LogP contribution in [0.25, 0.3) is 0 Å². The van der Waals surface area contributed by atoms with Crippen LogP contribution in [0.2, 0.25) is 0 Å². The molecule has 0 radical (unpaired) electrons. The van der Waals surface area contributed by atoms with Crippen molar-refractivity contribution >= 4 is 5.78 Å². The fourth-order valence-electron chi connectivity index (χ4n) is 2.81. The number of rotatable bonds is 3. The molecule has 1 fully saturated rings. The maximum atomic E-state index is 11.3. The normalized spacial score (nSPS) is 18.9. The average molecular weight is 231 g/mol. The van der Waals surface area contributed by atoms with Crippen molar-refractivity contribution in [1.82, 2.24) is 5.32 Å². The zero-order valence-corrected chi connectivity index (χ0v) is 10.8. The number of benzene rings is 1. The van der Waals surface area contributed by atoms with Gasteiger partial charge in [0.25, 0.3) is 0 Å². The van der Waals surface area contributed by atoms with Gasteiger partial charge in [-0.05, 0) is 50.3 Å². The van der Waals surface area contributed by atoms with Gasteiger partial charge in [-0.2, -0.15) is 0 Å². The van der Waals surface area contributed by atoms with Gasteiger partial charge < -0.3 is 5.32 Å². The number of nitrogens with one attached hydrogen (secondary N) is 1. The van der Waals surface area contributed by atoms with Crippen LogP contribution in [-0.2, 0) is 5.41 Å². The lowest BCUT2D eigenvalue weighted by Gasteiger charge is -2.37. The van der Waals surface area contributed by atoms with Crippen molar-refractivity contribution in [2.45, 2.75) is 38.5 Å². The molecule has 1 saturated heterocycles. The van der Waals surface area contributed by atoms with Gasteiger partial charge >= 0.3 is 0 Å². The molecular weight excluding hydrogens is 210 g/mol. The third-order valence-electron chi connectivity index (χ3n) is 4.14. The Bertz CT molecular complexity index is 388. The molecule has 1 aromatic rings. The van der Waals surface area contributed by atoms with Crippen molar-refractivity contribution in [3.8, 4) is 0 Å². The lowest BCUT2D eigenvalue weighted by Crippen LogP contribution is -2.39. The van der Waals surface area contributed by atoms with E-state index in [0.29, 0.717) is 5.41 Å². The zero-order valence-electron chi connectivity index (χ0n) is 10.8. The number of carbonyl (C=O) groups excluding carboxylic acids is 1. The van der Waals surface area contributed by atoms with Gasteiger partial charge in [-0.3, -0.25) is 4.79 Å². The molecule has 0 aliphatic carbocycles. The van der Waals surface area contributed by atoms with Crippen molar-refractivity contribution in [3.63, 3.8) is 0 Å². The van der Waals surface area contributed by atoms with Crippen LogP contribution < -0.4 is 5.32 Å². The number of hydrogen-bond donors (Lipinski definition) is 1. The summed E-state index contributed by atoms with van der Waals surface area (Å²) in [4.78, 5) is 11.3. The monoisotopic (exact) mass is 231 g/mol. The minimum atomic E-state index is 0.146. The summed E-state index contributed by atoms with van der Waals surface area (Å²) >= 11 is 0. The minimum Gasteiger partial charge on any atom is -0.317 e. The zero-order chi connectivity index (χ0) is 12.3. The molecular formula is C15H21NO. The van der Waals surface area contributed by atoms with Crippen LogP contribution in [0.15, 0.2) is 24.3 Å². The molecule has 0 unspecified atom stereocenters. The standard InChI is InChI=1S/C15H21NO/c1-3-15(8-10-16-11-9-15)14-6-4-13(5-7-14)12(2)17/h4-7,16H,3,8-11H2,1-2H3. The molecule has 92 valence electrons. The molecule has 0 atom stereocenters. The summed E-state index contributed by atoms with van der Waals surface area (Å²) in [7, 11) is 0. The average Bonchev–Trinajstić information content (AvgIpc) is 2.39. The highest BCUT2D eigenvalue weighted by molar-refractivity contribution is 5.94.